The molecule has 23 heavy (non-hydrogen) atoms. The van der Waals surface area contributed by atoms with Gasteiger partial charge in [0.15, 0.2) is 0 Å². The van der Waals surface area contributed by atoms with Crippen LogP contribution in [0.25, 0.3) is 0 Å². The van der Waals surface area contributed by atoms with Crippen LogP contribution in [0.2, 0.25) is 0 Å². The molecule has 0 amide bonds. The van der Waals surface area contributed by atoms with Crippen molar-refractivity contribution in [3.63, 3.8) is 0 Å². The summed E-state index contributed by atoms with van der Waals surface area (Å²) in [6.07, 6.45) is 1.76. The molecule has 1 aliphatic heterocycles. The minimum atomic E-state index is -1.08. The molecule has 1 aromatic carbocycles. The van der Waals surface area contributed by atoms with Crippen molar-refractivity contribution in [2.45, 2.75) is 38.1 Å². The number of nitrogens with one attached hydrogen (secondary N) is 1. The number of hydrogen-bond donors (Lipinski definition) is 3. The lowest BCUT2D eigenvalue weighted by Crippen LogP contribution is -2.39. The van der Waals surface area contributed by atoms with E-state index >= 15 is 0 Å². The van der Waals surface area contributed by atoms with Crippen molar-refractivity contribution in [3.8, 4) is 0 Å². The predicted octanol–water partition coefficient (Wildman–Crippen LogP) is 0.661. The summed E-state index contributed by atoms with van der Waals surface area (Å²) < 4.78 is 0. The van der Waals surface area contributed by atoms with E-state index < -0.39 is 11.9 Å². The normalized spacial score (nSPS) is 16.5. The third-order valence-electron chi connectivity index (χ3n) is 3.19. The summed E-state index contributed by atoms with van der Waals surface area (Å²) >= 11 is 0. The van der Waals surface area contributed by atoms with Crippen molar-refractivity contribution in [1.29, 1.82) is 0 Å². The van der Waals surface area contributed by atoms with Gasteiger partial charge in [-0.15, -0.1) is 0 Å². The van der Waals surface area contributed by atoms with Gasteiger partial charge in [-0.2, -0.15) is 0 Å². The Hall–Kier alpha value is -2.25. The van der Waals surface area contributed by atoms with Crippen molar-refractivity contribution in [3.05, 3.63) is 35.9 Å². The number of rotatable bonds is 5. The molecule has 1 aromatic rings. The van der Waals surface area contributed by atoms with E-state index in [1.807, 2.05) is 18.2 Å². The number of piperidine rings is 1. The van der Waals surface area contributed by atoms with Crippen LogP contribution in [0.15, 0.2) is 30.3 Å². The Morgan fingerprint density at radius 2 is 1.65 bits per heavy atom. The molecule has 1 aliphatic rings. The van der Waals surface area contributed by atoms with Gasteiger partial charge in [0.1, 0.15) is 5.78 Å². The molecule has 128 valence electrons. The molecule has 0 aliphatic carbocycles. The number of carboxylic acid groups (broad SMARTS) is 2. The topological polar surface area (TPSA) is 135 Å². The Morgan fingerprint density at radius 1 is 1.09 bits per heavy atom. The van der Waals surface area contributed by atoms with Gasteiger partial charge in [-0.25, -0.2) is 0 Å². The first-order valence-electron chi connectivity index (χ1n) is 7.20. The molecule has 2 rings (SSSR count). The van der Waals surface area contributed by atoms with Crippen LogP contribution >= 0.6 is 0 Å². The van der Waals surface area contributed by atoms with Crippen molar-refractivity contribution >= 4 is 17.7 Å². The molecule has 1 heterocycles. The average molecular weight is 325 g/mol. The highest BCUT2D eigenvalue weighted by molar-refractivity contribution is 5.80. The minimum absolute atomic E-state index is 0. The second-order valence-electron chi connectivity index (χ2n) is 5.12. The van der Waals surface area contributed by atoms with E-state index in [2.05, 4.69) is 17.4 Å². The Balaban J connectivity index is 0.000000469. The molecule has 1 atom stereocenters. The molecule has 7 heteroatoms. The first kappa shape index (κ1) is 20.8. The van der Waals surface area contributed by atoms with Gasteiger partial charge in [0.05, 0.1) is 12.8 Å². The molecule has 0 aromatic heterocycles. The van der Waals surface area contributed by atoms with E-state index in [-0.39, 0.29) is 18.3 Å². The Morgan fingerprint density at radius 3 is 2.13 bits per heavy atom. The number of carbonyl (C=O) groups excluding carboxylic acids is 1. The lowest BCUT2D eigenvalue weighted by Gasteiger charge is -2.22. The lowest BCUT2D eigenvalue weighted by atomic mass is 9.97. The van der Waals surface area contributed by atoms with Crippen LogP contribution in [-0.4, -0.2) is 46.0 Å². The fourth-order valence-electron chi connectivity index (χ4n) is 2.12. The molecular weight excluding hydrogens is 302 g/mol. The van der Waals surface area contributed by atoms with E-state index in [1.165, 1.54) is 5.56 Å². The molecule has 0 bridgehead atoms. The van der Waals surface area contributed by atoms with Crippen LogP contribution in [0.3, 0.4) is 0 Å². The second-order valence-corrected chi connectivity index (χ2v) is 5.12. The molecule has 0 radical (unpaired) electrons. The number of ketones is 1. The minimum Gasteiger partial charge on any atom is -0.481 e. The van der Waals surface area contributed by atoms with Crippen LogP contribution in [0.4, 0.5) is 0 Å². The van der Waals surface area contributed by atoms with Crippen molar-refractivity contribution in [1.82, 2.24) is 5.32 Å². The summed E-state index contributed by atoms with van der Waals surface area (Å²) in [6.45, 7) is 0.844. The first-order chi connectivity index (χ1) is 10.5. The number of carbonyl (C=O) groups is 3. The van der Waals surface area contributed by atoms with Gasteiger partial charge in [0.25, 0.3) is 0 Å². The Bertz CT molecular complexity index is 489. The van der Waals surface area contributed by atoms with Crippen LogP contribution < -0.4 is 5.32 Å². The molecule has 0 spiro atoms. The highest BCUT2D eigenvalue weighted by Crippen LogP contribution is 2.10. The Kier molecular flexibility index (Phi) is 10.2. The van der Waals surface area contributed by atoms with E-state index in [9.17, 15) is 14.4 Å². The number of aliphatic carboxylic acids is 2. The highest BCUT2D eigenvalue weighted by Gasteiger charge is 2.18. The van der Waals surface area contributed by atoms with Crippen LogP contribution in [0.5, 0.6) is 0 Å². The van der Waals surface area contributed by atoms with E-state index in [0.29, 0.717) is 24.7 Å². The zero-order valence-electron chi connectivity index (χ0n) is 12.8. The fourth-order valence-corrected chi connectivity index (χ4v) is 2.12. The van der Waals surface area contributed by atoms with E-state index in [4.69, 9.17) is 10.2 Å². The third kappa shape index (κ3) is 10.2. The van der Waals surface area contributed by atoms with Crippen LogP contribution in [0, 0.1) is 0 Å². The molecular formula is C16H23NO6. The Labute approximate surface area is 134 Å². The zero-order chi connectivity index (χ0) is 16.4. The molecule has 5 N–H and O–H groups in total. The molecule has 1 saturated heterocycles. The number of benzene rings is 1. The summed E-state index contributed by atoms with van der Waals surface area (Å²) in [7, 11) is 0. The quantitative estimate of drug-likeness (QED) is 0.727. The second kappa shape index (κ2) is 11.3. The van der Waals surface area contributed by atoms with Crippen LogP contribution in [-0.2, 0) is 20.8 Å². The van der Waals surface area contributed by atoms with Gasteiger partial charge < -0.3 is 21.0 Å². The van der Waals surface area contributed by atoms with Crippen molar-refractivity contribution in [2.24, 2.45) is 0 Å². The largest absolute Gasteiger partial charge is 0.481 e. The SMILES string of the molecule is O.O=C(O)CCC(=O)O.O=C1CCN[C@H](Cc2ccccc2)C1. The maximum absolute atomic E-state index is 11.2. The van der Waals surface area contributed by atoms with Gasteiger partial charge in [0.2, 0.25) is 0 Å². The van der Waals surface area contributed by atoms with Crippen molar-refractivity contribution < 1.29 is 30.1 Å². The zero-order valence-corrected chi connectivity index (χ0v) is 12.8. The van der Waals surface area contributed by atoms with Gasteiger partial charge in [-0.1, -0.05) is 30.3 Å². The summed E-state index contributed by atoms with van der Waals surface area (Å²) in [6, 6.07) is 10.7. The third-order valence-corrected chi connectivity index (χ3v) is 3.19. The number of Topliss-reactive ketones (excluding diaryl/α,β-unsaturated/α-hetero) is 1. The summed E-state index contributed by atoms with van der Waals surface area (Å²) in [5.41, 5.74) is 1.31. The monoisotopic (exact) mass is 325 g/mol. The van der Waals surface area contributed by atoms with E-state index in [1.54, 1.807) is 0 Å². The summed E-state index contributed by atoms with van der Waals surface area (Å²) in [5, 5.41) is 19.2. The van der Waals surface area contributed by atoms with E-state index in [0.717, 1.165) is 13.0 Å². The smallest absolute Gasteiger partial charge is 0.303 e. The standard InChI is InChI=1S/C12H15NO.C4H6O4.H2O/c14-12-6-7-13-11(9-12)8-10-4-2-1-3-5-10;5-3(6)1-2-4(7)8;/h1-5,11,13H,6-9H2;1-2H2,(H,5,6)(H,7,8);1H2/t11-;;/m1../s1. The molecule has 0 saturated carbocycles. The lowest BCUT2D eigenvalue weighted by molar-refractivity contribution is -0.143. The van der Waals surface area contributed by atoms with Gasteiger partial charge in [0, 0.05) is 25.4 Å². The number of carboxylic acids is 2. The van der Waals surface area contributed by atoms with Gasteiger partial charge in [-0.05, 0) is 12.0 Å². The number of hydrogen-bond acceptors (Lipinski definition) is 4. The average Bonchev–Trinajstić information content (AvgIpc) is 2.47. The maximum atomic E-state index is 11.2. The van der Waals surface area contributed by atoms with Gasteiger partial charge in [-0.3, -0.25) is 14.4 Å². The van der Waals surface area contributed by atoms with Gasteiger partial charge >= 0.3 is 11.9 Å². The predicted molar refractivity (Wildman–Crippen MR) is 84.3 cm³/mol. The molecule has 7 nitrogen and oxygen atoms in total. The summed E-state index contributed by atoms with van der Waals surface area (Å²) in [4.78, 5) is 30.5. The highest BCUT2D eigenvalue weighted by atomic mass is 16.4. The molecule has 1 fully saturated rings. The summed E-state index contributed by atoms with van der Waals surface area (Å²) in [5.74, 6) is -1.76. The fraction of sp³-hybridized carbons (Fsp3) is 0.438. The van der Waals surface area contributed by atoms with Crippen molar-refractivity contribution in [2.75, 3.05) is 6.54 Å². The first-order valence-corrected chi connectivity index (χ1v) is 7.20. The maximum Gasteiger partial charge on any atom is 0.303 e. The molecule has 0 unspecified atom stereocenters. The van der Waals surface area contributed by atoms with Crippen LogP contribution in [0.1, 0.15) is 31.2 Å².